The van der Waals surface area contributed by atoms with Crippen LogP contribution in [0.15, 0.2) is 54.6 Å². The Bertz CT molecular complexity index is 642. The van der Waals surface area contributed by atoms with Crippen LogP contribution in [-0.4, -0.2) is 17.6 Å². The van der Waals surface area contributed by atoms with E-state index in [4.69, 9.17) is 17.0 Å². The fraction of sp³-hybridized carbons (Fsp3) is 0.222. The van der Waals surface area contributed by atoms with Crippen LogP contribution in [0.5, 0.6) is 5.75 Å². The number of thiocarbonyl (C=S) groups is 1. The molecule has 0 aliphatic heterocycles. The van der Waals surface area contributed by atoms with E-state index in [0.717, 1.165) is 12.0 Å². The summed E-state index contributed by atoms with van der Waals surface area (Å²) in [7, 11) is 0. The van der Waals surface area contributed by atoms with Crippen molar-refractivity contribution in [3.05, 3.63) is 65.7 Å². The highest BCUT2D eigenvalue weighted by molar-refractivity contribution is 7.80. The fourth-order valence-corrected chi connectivity index (χ4v) is 2.14. The van der Waals surface area contributed by atoms with Gasteiger partial charge in [-0.3, -0.25) is 4.79 Å². The molecule has 4 nitrogen and oxygen atoms in total. The number of hydrogen-bond acceptors (Lipinski definition) is 3. The van der Waals surface area contributed by atoms with Crippen LogP contribution in [0.2, 0.25) is 0 Å². The first kappa shape index (κ1) is 17.0. The van der Waals surface area contributed by atoms with Crippen molar-refractivity contribution in [3.8, 4) is 5.75 Å². The van der Waals surface area contributed by atoms with Gasteiger partial charge in [0.15, 0.2) is 11.7 Å². The van der Waals surface area contributed by atoms with Crippen molar-refractivity contribution in [1.29, 1.82) is 0 Å². The van der Waals surface area contributed by atoms with Gasteiger partial charge < -0.3 is 15.4 Å². The number of carbonyl (C=O) groups is 1. The van der Waals surface area contributed by atoms with E-state index in [0.29, 0.717) is 17.4 Å². The Hall–Kier alpha value is -2.40. The first-order chi connectivity index (χ1) is 11.2. The van der Waals surface area contributed by atoms with E-state index in [1.165, 1.54) is 5.56 Å². The predicted molar refractivity (Wildman–Crippen MR) is 95.3 cm³/mol. The normalized spacial score (nSPS) is 9.96. The number of amides is 1. The minimum absolute atomic E-state index is 0.0708. The van der Waals surface area contributed by atoms with E-state index in [2.05, 4.69) is 17.6 Å². The van der Waals surface area contributed by atoms with Crippen LogP contribution in [-0.2, 0) is 17.8 Å². The van der Waals surface area contributed by atoms with Crippen molar-refractivity contribution >= 4 is 23.2 Å². The zero-order chi connectivity index (χ0) is 16.5. The summed E-state index contributed by atoms with van der Waals surface area (Å²) < 4.78 is 5.43. The molecule has 5 heteroatoms. The van der Waals surface area contributed by atoms with Crippen molar-refractivity contribution < 1.29 is 9.53 Å². The van der Waals surface area contributed by atoms with E-state index in [1.807, 2.05) is 54.6 Å². The lowest BCUT2D eigenvalue weighted by Gasteiger charge is -2.10. The van der Waals surface area contributed by atoms with Crippen LogP contribution in [0, 0.1) is 0 Å². The average molecular weight is 328 g/mol. The highest BCUT2D eigenvalue weighted by Gasteiger charge is 2.05. The lowest BCUT2D eigenvalue weighted by molar-refractivity contribution is -0.121. The first-order valence-electron chi connectivity index (χ1n) is 7.50. The summed E-state index contributed by atoms with van der Waals surface area (Å²) in [5.74, 6) is 0.385. The molecule has 2 aromatic rings. The zero-order valence-corrected chi connectivity index (χ0v) is 13.9. The molecule has 2 aromatic carbocycles. The van der Waals surface area contributed by atoms with Gasteiger partial charge in [0.25, 0.3) is 5.91 Å². The molecule has 0 aromatic heterocycles. The highest BCUT2D eigenvalue weighted by atomic mass is 32.1. The molecule has 0 spiro atoms. The molecule has 0 unspecified atom stereocenters. The second-order valence-electron chi connectivity index (χ2n) is 5.00. The molecule has 0 fully saturated rings. The van der Waals surface area contributed by atoms with Gasteiger partial charge in [-0.1, -0.05) is 49.4 Å². The minimum atomic E-state index is -0.282. The third-order valence-corrected chi connectivity index (χ3v) is 3.50. The van der Waals surface area contributed by atoms with Gasteiger partial charge in [0, 0.05) is 6.54 Å². The summed E-state index contributed by atoms with van der Waals surface area (Å²) in [4.78, 5) is 11.8. The first-order valence-corrected chi connectivity index (χ1v) is 7.91. The molecule has 23 heavy (non-hydrogen) atoms. The van der Waals surface area contributed by atoms with Gasteiger partial charge >= 0.3 is 0 Å². The van der Waals surface area contributed by atoms with Crippen LogP contribution in [0.3, 0.4) is 0 Å². The van der Waals surface area contributed by atoms with Crippen LogP contribution in [0.1, 0.15) is 18.1 Å². The lowest BCUT2D eigenvalue weighted by Crippen LogP contribution is -2.41. The molecule has 0 saturated carbocycles. The van der Waals surface area contributed by atoms with E-state index in [-0.39, 0.29) is 12.5 Å². The quantitative estimate of drug-likeness (QED) is 0.801. The minimum Gasteiger partial charge on any atom is -0.484 e. The number of rotatable bonds is 6. The maximum atomic E-state index is 11.8. The summed E-state index contributed by atoms with van der Waals surface area (Å²) in [5.41, 5.74) is 2.32. The van der Waals surface area contributed by atoms with Crippen LogP contribution in [0.4, 0.5) is 0 Å². The van der Waals surface area contributed by atoms with Crippen molar-refractivity contribution in [2.24, 2.45) is 0 Å². The third-order valence-electron chi connectivity index (χ3n) is 3.25. The maximum absolute atomic E-state index is 11.8. The number of hydrogen-bond donors (Lipinski definition) is 2. The van der Waals surface area contributed by atoms with Gasteiger partial charge in [0.05, 0.1) is 0 Å². The second kappa shape index (κ2) is 8.90. The third kappa shape index (κ3) is 6.08. The Morgan fingerprint density at radius 2 is 1.74 bits per heavy atom. The summed E-state index contributed by atoms with van der Waals surface area (Å²) in [5, 5.41) is 5.88. The molecule has 0 saturated heterocycles. The van der Waals surface area contributed by atoms with Crippen molar-refractivity contribution in [3.63, 3.8) is 0 Å². The molecule has 1 amide bonds. The standard InChI is InChI=1S/C18H20N2O2S/c1-2-14-8-10-16(11-9-14)22-13-17(21)20-18(23)19-12-15-6-4-3-5-7-15/h3-11H,2,12-13H2,1H3,(H2,19,20,21,23). The summed E-state index contributed by atoms with van der Waals surface area (Å²) in [6.07, 6.45) is 0.974. The SMILES string of the molecule is CCc1ccc(OCC(=O)NC(=S)NCc2ccccc2)cc1. The fourth-order valence-electron chi connectivity index (χ4n) is 1.96. The lowest BCUT2D eigenvalue weighted by atomic mass is 10.2. The molecule has 0 heterocycles. The van der Waals surface area contributed by atoms with Crippen molar-refractivity contribution in [2.75, 3.05) is 6.61 Å². The van der Waals surface area contributed by atoms with Crippen LogP contribution >= 0.6 is 12.2 Å². The largest absolute Gasteiger partial charge is 0.484 e. The molecule has 2 rings (SSSR count). The molecule has 0 aliphatic carbocycles. The molecule has 0 bridgehead atoms. The van der Waals surface area contributed by atoms with Gasteiger partial charge in [-0.15, -0.1) is 0 Å². The molecular weight excluding hydrogens is 308 g/mol. The van der Waals surface area contributed by atoms with E-state index >= 15 is 0 Å². The van der Waals surface area contributed by atoms with E-state index in [9.17, 15) is 4.79 Å². The number of nitrogens with one attached hydrogen (secondary N) is 2. The summed E-state index contributed by atoms with van der Waals surface area (Å²) >= 11 is 5.09. The molecule has 0 radical (unpaired) electrons. The predicted octanol–water partition coefficient (Wildman–Crippen LogP) is 2.82. The number of aryl methyl sites for hydroxylation is 1. The summed E-state index contributed by atoms with van der Waals surface area (Å²) in [6.45, 7) is 2.59. The van der Waals surface area contributed by atoms with Gasteiger partial charge in [0.1, 0.15) is 5.75 Å². The van der Waals surface area contributed by atoms with Gasteiger partial charge in [-0.25, -0.2) is 0 Å². The topological polar surface area (TPSA) is 50.4 Å². The smallest absolute Gasteiger partial charge is 0.264 e. The molecular formula is C18H20N2O2S. The summed E-state index contributed by atoms with van der Waals surface area (Å²) in [6, 6.07) is 17.5. The van der Waals surface area contributed by atoms with Gasteiger partial charge in [0.2, 0.25) is 0 Å². The maximum Gasteiger partial charge on any atom is 0.264 e. The molecule has 2 N–H and O–H groups in total. The van der Waals surface area contributed by atoms with Crippen LogP contribution in [0.25, 0.3) is 0 Å². The number of carbonyl (C=O) groups excluding carboxylic acids is 1. The Morgan fingerprint density at radius 3 is 2.39 bits per heavy atom. The molecule has 120 valence electrons. The second-order valence-corrected chi connectivity index (χ2v) is 5.41. The average Bonchev–Trinajstić information content (AvgIpc) is 2.59. The monoisotopic (exact) mass is 328 g/mol. The number of ether oxygens (including phenoxy) is 1. The Balaban J connectivity index is 1.70. The molecule has 0 aliphatic rings. The van der Waals surface area contributed by atoms with Crippen molar-refractivity contribution in [1.82, 2.24) is 10.6 Å². The van der Waals surface area contributed by atoms with E-state index in [1.54, 1.807) is 0 Å². The van der Waals surface area contributed by atoms with Crippen LogP contribution < -0.4 is 15.4 Å². The molecule has 0 atom stereocenters. The Labute approximate surface area is 141 Å². The number of benzene rings is 2. The Kier molecular flexibility index (Phi) is 6.56. The highest BCUT2D eigenvalue weighted by Crippen LogP contribution is 2.12. The Morgan fingerprint density at radius 1 is 1.04 bits per heavy atom. The van der Waals surface area contributed by atoms with Crippen molar-refractivity contribution in [2.45, 2.75) is 19.9 Å². The van der Waals surface area contributed by atoms with E-state index < -0.39 is 0 Å². The van der Waals surface area contributed by atoms with Gasteiger partial charge in [-0.2, -0.15) is 0 Å². The van der Waals surface area contributed by atoms with Gasteiger partial charge in [-0.05, 0) is 41.9 Å². The zero-order valence-electron chi connectivity index (χ0n) is 13.0.